The van der Waals surface area contributed by atoms with E-state index in [1.807, 2.05) is 24.3 Å². The van der Waals surface area contributed by atoms with Crippen molar-refractivity contribution >= 4 is 29.2 Å². The van der Waals surface area contributed by atoms with E-state index in [2.05, 4.69) is 15.5 Å². The first-order valence-corrected chi connectivity index (χ1v) is 8.32. The summed E-state index contributed by atoms with van der Waals surface area (Å²) in [5.74, 6) is -0.111. The Morgan fingerprint density at radius 3 is 2.35 bits per heavy atom. The molecule has 0 atom stereocenters. The minimum absolute atomic E-state index is 0.0483. The van der Waals surface area contributed by atoms with Crippen LogP contribution in [-0.2, 0) is 4.79 Å². The van der Waals surface area contributed by atoms with Gasteiger partial charge in [-0.15, -0.1) is 0 Å². The van der Waals surface area contributed by atoms with Crippen LogP contribution in [-0.4, -0.2) is 55.6 Å². The molecule has 1 aliphatic carbocycles. The summed E-state index contributed by atoms with van der Waals surface area (Å²) in [4.78, 5) is 27.6. The Morgan fingerprint density at radius 1 is 1.09 bits per heavy atom. The first kappa shape index (κ1) is 15.9. The largest absolute Gasteiger partial charge is 0.368 e. The fraction of sp³-hybridized carbons (Fsp3) is 0.500. The number of amides is 3. The van der Waals surface area contributed by atoms with Crippen LogP contribution in [0.3, 0.4) is 0 Å². The fourth-order valence-electron chi connectivity index (χ4n) is 2.59. The molecule has 3 rings (SSSR count). The highest BCUT2D eigenvalue weighted by molar-refractivity contribution is 6.30. The lowest BCUT2D eigenvalue weighted by molar-refractivity contribution is -0.120. The zero-order valence-corrected chi connectivity index (χ0v) is 13.7. The van der Waals surface area contributed by atoms with Crippen molar-refractivity contribution in [3.05, 3.63) is 29.3 Å². The molecule has 6 nitrogen and oxygen atoms in total. The summed E-state index contributed by atoms with van der Waals surface area (Å²) in [6, 6.07) is 7.86. The number of carbonyl (C=O) groups excluding carboxylic acids is 2. The van der Waals surface area contributed by atoms with E-state index in [4.69, 9.17) is 11.6 Å². The Kier molecular flexibility index (Phi) is 4.91. The number of nitrogens with zero attached hydrogens (tertiary/aromatic N) is 2. The second kappa shape index (κ2) is 7.08. The smallest absolute Gasteiger partial charge is 0.317 e. The van der Waals surface area contributed by atoms with E-state index in [1.54, 1.807) is 4.90 Å². The molecule has 1 aliphatic heterocycles. The minimum atomic E-state index is -0.174. The lowest BCUT2D eigenvalue weighted by atomic mass is 10.2. The van der Waals surface area contributed by atoms with Gasteiger partial charge in [0.15, 0.2) is 0 Å². The molecular formula is C16H21ClN4O2. The average molecular weight is 337 g/mol. The van der Waals surface area contributed by atoms with Crippen LogP contribution in [0.2, 0.25) is 5.02 Å². The number of rotatable bonds is 4. The van der Waals surface area contributed by atoms with E-state index in [1.165, 1.54) is 0 Å². The van der Waals surface area contributed by atoms with E-state index < -0.39 is 0 Å². The Hall–Kier alpha value is -1.95. The first-order valence-electron chi connectivity index (χ1n) is 7.94. The summed E-state index contributed by atoms with van der Waals surface area (Å²) in [5.41, 5.74) is 1.11. The first-order chi connectivity index (χ1) is 11.1. The van der Waals surface area contributed by atoms with Crippen molar-refractivity contribution < 1.29 is 9.59 Å². The standard InChI is InChI=1S/C16H21ClN4O2/c17-12-1-5-14(6-2-12)20-7-9-21(10-8-20)16(23)18-11-15(22)19-13-3-4-13/h1-2,5-6,13H,3-4,7-11H2,(H,18,23)(H,19,22). The van der Waals surface area contributed by atoms with Gasteiger partial charge >= 0.3 is 6.03 Å². The summed E-state index contributed by atoms with van der Waals surface area (Å²) in [7, 11) is 0. The molecule has 0 unspecified atom stereocenters. The van der Waals surface area contributed by atoms with Crippen molar-refractivity contribution in [1.82, 2.24) is 15.5 Å². The zero-order chi connectivity index (χ0) is 16.2. The third-order valence-electron chi connectivity index (χ3n) is 4.10. The highest BCUT2D eigenvalue weighted by atomic mass is 35.5. The molecule has 23 heavy (non-hydrogen) atoms. The lowest BCUT2D eigenvalue weighted by Gasteiger charge is -2.36. The summed E-state index contributed by atoms with van der Waals surface area (Å²) < 4.78 is 0. The molecular weight excluding hydrogens is 316 g/mol. The van der Waals surface area contributed by atoms with Gasteiger partial charge in [-0.1, -0.05) is 11.6 Å². The van der Waals surface area contributed by atoms with E-state index in [0.29, 0.717) is 19.1 Å². The van der Waals surface area contributed by atoms with Crippen LogP contribution in [0.15, 0.2) is 24.3 Å². The minimum Gasteiger partial charge on any atom is -0.368 e. The van der Waals surface area contributed by atoms with Crippen molar-refractivity contribution in [2.45, 2.75) is 18.9 Å². The second-order valence-electron chi connectivity index (χ2n) is 5.95. The Morgan fingerprint density at radius 2 is 1.74 bits per heavy atom. The molecule has 1 aromatic carbocycles. The van der Waals surface area contributed by atoms with E-state index in [-0.39, 0.29) is 18.5 Å². The predicted octanol–water partition coefficient (Wildman–Crippen LogP) is 1.45. The van der Waals surface area contributed by atoms with Crippen LogP contribution in [0.4, 0.5) is 10.5 Å². The molecule has 2 aliphatic rings. The number of piperazine rings is 1. The van der Waals surface area contributed by atoms with Crippen LogP contribution in [0.1, 0.15) is 12.8 Å². The van der Waals surface area contributed by atoms with Gasteiger partial charge in [0.1, 0.15) is 0 Å². The van der Waals surface area contributed by atoms with Crippen molar-refractivity contribution in [3.8, 4) is 0 Å². The second-order valence-corrected chi connectivity index (χ2v) is 6.39. The van der Waals surface area contributed by atoms with E-state index in [0.717, 1.165) is 36.6 Å². The summed E-state index contributed by atoms with van der Waals surface area (Å²) in [5, 5.41) is 6.26. The lowest BCUT2D eigenvalue weighted by Crippen LogP contribution is -2.53. The summed E-state index contributed by atoms with van der Waals surface area (Å²) >= 11 is 5.90. The molecule has 1 saturated heterocycles. The molecule has 1 aromatic rings. The number of anilines is 1. The molecule has 124 valence electrons. The number of urea groups is 1. The van der Waals surface area contributed by atoms with Crippen LogP contribution >= 0.6 is 11.6 Å². The molecule has 0 spiro atoms. The van der Waals surface area contributed by atoms with Gasteiger partial charge in [-0.2, -0.15) is 0 Å². The number of benzene rings is 1. The number of carbonyl (C=O) groups is 2. The van der Waals surface area contributed by atoms with E-state index in [9.17, 15) is 9.59 Å². The molecule has 2 fully saturated rings. The predicted molar refractivity (Wildman–Crippen MR) is 89.8 cm³/mol. The van der Waals surface area contributed by atoms with Gasteiger partial charge in [-0.25, -0.2) is 4.79 Å². The van der Waals surface area contributed by atoms with Gasteiger partial charge in [-0.05, 0) is 37.1 Å². The summed E-state index contributed by atoms with van der Waals surface area (Å²) in [6.45, 7) is 2.86. The average Bonchev–Trinajstić information content (AvgIpc) is 3.37. The number of hydrogen-bond donors (Lipinski definition) is 2. The van der Waals surface area contributed by atoms with Crippen molar-refractivity contribution in [2.24, 2.45) is 0 Å². The Labute approximate surface area is 140 Å². The molecule has 0 aromatic heterocycles. The summed E-state index contributed by atoms with van der Waals surface area (Å²) in [6.07, 6.45) is 2.10. The maximum absolute atomic E-state index is 12.1. The van der Waals surface area contributed by atoms with Crippen molar-refractivity contribution in [2.75, 3.05) is 37.6 Å². The normalized spacial score (nSPS) is 17.8. The fourth-order valence-corrected chi connectivity index (χ4v) is 2.72. The van der Waals surface area contributed by atoms with Crippen LogP contribution < -0.4 is 15.5 Å². The van der Waals surface area contributed by atoms with Crippen LogP contribution in [0, 0.1) is 0 Å². The monoisotopic (exact) mass is 336 g/mol. The molecule has 7 heteroatoms. The quantitative estimate of drug-likeness (QED) is 0.874. The van der Waals surface area contributed by atoms with Gasteiger partial charge in [0.25, 0.3) is 0 Å². The molecule has 0 bridgehead atoms. The highest BCUT2D eigenvalue weighted by Gasteiger charge is 2.24. The van der Waals surface area contributed by atoms with Crippen LogP contribution in [0.5, 0.6) is 0 Å². The molecule has 3 amide bonds. The Bertz CT molecular complexity index is 566. The van der Waals surface area contributed by atoms with E-state index >= 15 is 0 Å². The third-order valence-corrected chi connectivity index (χ3v) is 4.35. The number of hydrogen-bond acceptors (Lipinski definition) is 3. The molecule has 1 saturated carbocycles. The molecule has 0 radical (unpaired) electrons. The molecule has 1 heterocycles. The SMILES string of the molecule is O=C(CNC(=O)N1CCN(c2ccc(Cl)cc2)CC1)NC1CC1. The maximum atomic E-state index is 12.1. The Balaban J connectivity index is 1.41. The zero-order valence-electron chi connectivity index (χ0n) is 12.9. The maximum Gasteiger partial charge on any atom is 0.317 e. The molecule has 2 N–H and O–H groups in total. The number of halogens is 1. The van der Waals surface area contributed by atoms with Gasteiger partial charge in [0.05, 0.1) is 6.54 Å². The topological polar surface area (TPSA) is 64.7 Å². The van der Waals surface area contributed by atoms with Gasteiger partial charge < -0.3 is 20.4 Å². The van der Waals surface area contributed by atoms with Gasteiger partial charge in [-0.3, -0.25) is 4.79 Å². The van der Waals surface area contributed by atoms with Crippen LogP contribution in [0.25, 0.3) is 0 Å². The van der Waals surface area contributed by atoms with Crippen molar-refractivity contribution in [3.63, 3.8) is 0 Å². The van der Waals surface area contributed by atoms with Crippen molar-refractivity contribution in [1.29, 1.82) is 0 Å². The third kappa shape index (κ3) is 4.51. The van der Waals surface area contributed by atoms with Gasteiger partial charge in [0, 0.05) is 42.9 Å². The highest BCUT2D eigenvalue weighted by Crippen LogP contribution is 2.19. The number of nitrogens with one attached hydrogen (secondary N) is 2. The van der Waals surface area contributed by atoms with Gasteiger partial charge in [0.2, 0.25) is 5.91 Å².